The zero-order chi connectivity index (χ0) is 27.1. The third-order valence-electron chi connectivity index (χ3n) is 7.31. The number of amides is 3. The van der Waals surface area contributed by atoms with Gasteiger partial charge < -0.3 is 24.6 Å². The van der Waals surface area contributed by atoms with Gasteiger partial charge >= 0.3 is 6.16 Å². The van der Waals surface area contributed by atoms with E-state index in [1.54, 1.807) is 41.0 Å². The quantitative estimate of drug-likeness (QED) is 0.419. The number of hydrogen-bond acceptors (Lipinski definition) is 6. The molecule has 2 fully saturated rings. The Hall–Kier alpha value is -3.88. The van der Waals surface area contributed by atoms with E-state index in [2.05, 4.69) is 5.32 Å². The Morgan fingerprint density at radius 2 is 1.71 bits per heavy atom. The second-order valence-corrected chi connectivity index (χ2v) is 9.82. The van der Waals surface area contributed by atoms with Crippen LogP contribution in [0.15, 0.2) is 54.6 Å². The van der Waals surface area contributed by atoms with Crippen molar-refractivity contribution in [3.8, 4) is 5.75 Å². The van der Waals surface area contributed by atoms with Gasteiger partial charge in [-0.05, 0) is 62.4 Å². The lowest BCUT2D eigenvalue weighted by Crippen LogP contribution is -2.42. The minimum atomic E-state index is -0.778. The van der Waals surface area contributed by atoms with Gasteiger partial charge in [0.15, 0.2) is 0 Å². The first kappa shape index (κ1) is 27.2. The number of hydrogen-bond donors (Lipinski definition) is 1. The molecule has 0 bridgehead atoms. The maximum atomic E-state index is 12.9. The highest BCUT2D eigenvalue weighted by Crippen LogP contribution is 2.29. The molecule has 2 atom stereocenters. The molecule has 0 aromatic heterocycles. The first-order valence-corrected chi connectivity index (χ1v) is 13.2. The van der Waals surface area contributed by atoms with Gasteiger partial charge in [0.05, 0.1) is 18.6 Å². The van der Waals surface area contributed by atoms with Crippen molar-refractivity contribution in [1.82, 2.24) is 15.1 Å². The number of carbonyl (C=O) groups is 4. The highest BCUT2D eigenvalue weighted by atomic mass is 16.7. The predicted octanol–water partition coefficient (Wildman–Crippen LogP) is 3.80. The number of carbonyl (C=O) groups excluding carboxylic acids is 4. The number of nitrogens with one attached hydrogen (secondary N) is 1. The fourth-order valence-corrected chi connectivity index (χ4v) is 5.01. The van der Waals surface area contributed by atoms with Gasteiger partial charge in [0, 0.05) is 38.2 Å². The molecule has 4 rings (SSSR count). The normalized spacial score (nSPS) is 18.7. The first-order valence-electron chi connectivity index (χ1n) is 13.2. The Labute approximate surface area is 223 Å². The molecule has 0 radical (unpaired) electrons. The maximum absolute atomic E-state index is 12.9. The van der Waals surface area contributed by atoms with Crippen molar-refractivity contribution in [2.24, 2.45) is 11.8 Å². The molecule has 2 aromatic rings. The van der Waals surface area contributed by atoms with Gasteiger partial charge in [0.2, 0.25) is 11.8 Å². The summed E-state index contributed by atoms with van der Waals surface area (Å²) in [7, 11) is 0. The summed E-state index contributed by atoms with van der Waals surface area (Å²) in [5, 5.41) is 3.05. The molecule has 2 saturated heterocycles. The second-order valence-electron chi connectivity index (χ2n) is 9.82. The summed E-state index contributed by atoms with van der Waals surface area (Å²) in [6.07, 6.45) is 1.03. The lowest BCUT2D eigenvalue weighted by Gasteiger charge is -2.32. The monoisotopic (exact) mass is 521 g/mol. The van der Waals surface area contributed by atoms with Crippen LogP contribution in [0, 0.1) is 11.8 Å². The Bertz CT molecular complexity index is 1130. The summed E-state index contributed by atoms with van der Waals surface area (Å²) in [5.41, 5.74) is 1.58. The van der Waals surface area contributed by atoms with E-state index in [4.69, 9.17) is 9.47 Å². The largest absolute Gasteiger partial charge is 0.513 e. The molecule has 3 amide bonds. The van der Waals surface area contributed by atoms with E-state index >= 15 is 0 Å². The Morgan fingerprint density at radius 3 is 2.37 bits per heavy atom. The average molecular weight is 522 g/mol. The van der Waals surface area contributed by atoms with Crippen molar-refractivity contribution in [2.45, 2.75) is 39.2 Å². The van der Waals surface area contributed by atoms with E-state index in [1.165, 1.54) is 0 Å². The Kier molecular flexibility index (Phi) is 8.99. The molecule has 0 saturated carbocycles. The number of rotatable bonds is 8. The van der Waals surface area contributed by atoms with Crippen molar-refractivity contribution >= 4 is 23.9 Å². The molecule has 2 heterocycles. The molecule has 9 heteroatoms. The molecular formula is C29H35N3O6. The molecule has 0 aliphatic carbocycles. The van der Waals surface area contributed by atoms with Gasteiger partial charge in [-0.15, -0.1) is 0 Å². The van der Waals surface area contributed by atoms with Crippen LogP contribution in [0.25, 0.3) is 0 Å². The van der Waals surface area contributed by atoms with Crippen LogP contribution in [0.2, 0.25) is 0 Å². The van der Waals surface area contributed by atoms with E-state index in [0.717, 1.165) is 18.4 Å². The van der Waals surface area contributed by atoms with Crippen LogP contribution >= 0.6 is 0 Å². The van der Waals surface area contributed by atoms with Crippen LogP contribution in [0.5, 0.6) is 5.75 Å². The molecular weight excluding hydrogens is 486 g/mol. The summed E-state index contributed by atoms with van der Waals surface area (Å²) >= 11 is 0. The van der Waals surface area contributed by atoms with E-state index in [9.17, 15) is 19.2 Å². The third kappa shape index (κ3) is 6.70. The molecule has 9 nitrogen and oxygen atoms in total. The second kappa shape index (κ2) is 12.6. The first-order chi connectivity index (χ1) is 18.4. The highest BCUT2D eigenvalue weighted by Gasteiger charge is 2.37. The van der Waals surface area contributed by atoms with Crippen LogP contribution in [0.3, 0.4) is 0 Å². The summed E-state index contributed by atoms with van der Waals surface area (Å²) in [5.74, 6) is 0.104. The number of piperidine rings is 1. The standard InChI is InChI=1S/C29H35N3O6/c1-3-37-29(36)38-25-11-9-23(10-12-25)28(35)31-15-13-21(14-16-31)18-30-27(34)24-17-26(33)32(19-24)20(2)22-7-5-4-6-8-22/h4-12,20-21,24H,3,13-19H2,1-2H3,(H,30,34). The lowest BCUT2D eigenvalue weighted by atomic mass is 9.95. The molecule has 0 spiro atoms. The van der Waals surface area contributed by atoms with Gasteiger partial charge in [-0.1, -0.05) is 30.3 Å². The van der Waals surface area contributed by atoms with E-state index in [1.807, 2.05) is 37.3 Å². The van der Waals surface area contributed by atoms with Gasteiger partial charge in [-0.25, -0.2) is 4.79 Å². The number of ether oxygens (including phenoxy) is 2. The van der Waals surface area contributed by atoms with Crippen LogP contribution in [0.4, 0.5) is 4.79 Å². The fourth-order valence-electron chi connectivity index (χ4n) is 5.01. The van der Waals surface area contributed by atoms with Gasteiger partial charge in [0.1, 0.15) is 5.75 Å². The minimum absolute atomic E-state index is 0.00816. The van der Waals surface area contributed by atoms with Crippen LogP contribution < -0.4 is 10.1 Å². The van der Waals surface area contributed by atoms with Crippen molar-refractivity contribution in [1.29, 1.82) is 0 Å². The Balaban J connectivity index is 1.20. The van der Waals surface area contributed by atoms with Crippen LogP contribution in [-0.2, 0) is 14.3 Å². The average Bonchev–Trinajstić information content (AvgIpc) is 3.33. The number of nitrogens with zero attached hydrogens (tertiary/aromatic N) is 2. The summed E-state index contributed by atoms with van der Waals surface area (Å²) in [4.78, 5) is 53.3. The smallest absolute Gasteiger partial charge is 0.434 e. The predicted molar refractivity (Wildman–Crippen MR) is 140 cm³/mol. The molecule has 38 heavy (non-hydrogen) atoms. The molecule has 202 valence electrons. The summed E-state index contributed by atoms with van der Waals surface area (Å²) in [6.45, 7) is 6.08. The molecule has 2 unspecified atom stereocenters. The summed E-state index contributed by atoms with van der Waals surface area (Å²) in [6, 6.07) is 16.2. The van der Waals surface area contributed by atoms with Crippen molar-refractivity contribution < 1.29 is 28.7 Å². The maximum Gasteiger partial charge on any atom is 0.513 e. The fraction of sp³-hybridized carbons (Fsp3) is 0.448. The van der Waals surface area contributed by atoms with E-state index in [0.29, 0.717) is 37.5 Å². The molecule has 1 N–H and O–H groups in total. The zero-order valence-corrected chi connectivity index (χ0v) is 21.9. The Morgan fingerprint density at radius 1 is 1.03 bits per heavy atom. The molecule has 2 aliphatic heterocycles. The van der Waals surface area contributed by atoms with Crippen LogP contribution in [0.1, 0.15) is 55.1 Å². The number of likely N-dealkylation sites (tertiary alicyclic amines) is 2. The van der Waals surface area contributed by atoms with Crippen molar-refractivity contribution in [3.05, 3.63) is 65.7 Å². The lowest BCUT2D eigenvalue weighted by molar-refractivity contribution is -0.130. The van der Waals surface area contributed by atoms with Gasteiger partial charge in [-0.3, -0.25) is 14.4 Å². The SMILES string of the molecule is CCOC(=O)Oc1ccc(C(=O)N2CCC(CNC(=O)C3CC(=O)N(C(C)c4ccccc4)C3)CC2)cc1. The van der Waals surface area contributed by atoms with Crippen molar-refractivity contribution in [2.75, 3.05) is 32.8 Å². The highest BCUT2D eigenvalue weighted by molar-refractivity contribution is 5.94. The zero-order valence-electron chi connectivity index (χ0n) is 21.9. The number of benzene rings is 2. The topological polar surface area (TPSA) is 105 Å². The third-order valence-corrected chi connectivity index (χ3v) is 7.31. The van der Waals surface area contributed by atoms with Gasteiger partial charge in [0.25, 0.3) is 5.91 Å². The summed E-state index contributed by atoms with van der Waals surface area (Å²) < 4.78 is 9.78. The van der Waals surface area contributed by atoms with Crippen molar-refractivity contribution in [3.63, 3.8) is 0 Å². The van der Waals surface area contributed by atoms with Crippen LogP contribution in [-0.4, -0.2) is 66.5 Å². The van der Waals surface area contributed by atoms with E-state index in [-0.39, 0.29) is 48.6 Å². The molecule has 2 aliphatic rings. The van der Waals surface area contributed by atoms with E-state index < -0.39 is 6.16 Å². The minimum Gasteiger partial charge on any atom is -0.434 e. The molecule has 2 aromatic carbocycles. The van der Waals surface area contributed by atoms with Gasteiger partial charge in [-0.2, -0.15) is 0 Å².